The summed E-state index contributed by atoms with van der Waals surface area (Å²) in [5, 5.41) is 9.41. The second-order valence-electron chi connectivity index (χ2n) is 8.85. The fraction of sp³-hybridized carbons (Fsp3) is 0.409. The quantitative estimate of drug-likeness (QED) is 0.700. The molecule has 0 amide bonds. The maximum atomic E-state index is 12.7. The zero-order valence-electron chi connectivity index (χ0n) is 16.9. The molecule has 0 aliphatic carbocycles. The Balaban J connectivity index is 2.14. The van der Waals surface area contributed by atoms with Crippen LogP contribution < -0.4 is 5.69 Å². The van der Waals surface area contributed by atoms with Crippen molar-refractivity contribution in [2.45, 2.75) is 46.6 Å². The van der Waals surface area contributed by atoms with Crippen molar-refractivity contribution in [1.82, 2.24) is 14.1 Å². The molecule has 2 aromatic heterocycles. The lowest BCUT2D eigenvalue weighted by molar-refractivity contribution is 0.342. The Bertz CT molecular complexity index is 1100. The van der Waals surface area contributed by atoms with E-state index in [2.05, 4.69) is 26.8 Å². The van der Waals surface area contributed by atoms with Crippen molar-refractivity contribution in [2.24, 2.45) is 12.5 Å². The monoisotopic (exact) mass is 362 g/mol. The topological polar surface area (TPSA) is 63.6 Å². The summed E-state index contributed by atoms with van der Waals surface area (Å²) in [6.07, 6.45) is 0. The first-order chi connectivity index (χ1) is 12.5. The van der Waals surface area contributed by atoms with Crippen LogP contribution in [-0.4, -0.2) is 14.1 Å². The molecule has 3 rings (SSSR count). The van der Waals surface area contributed by atoms with E-state index in [0.717, 1.165) is 22.3 Å². The molecule has 5 heteroatoms. The fourth-order valence-electron chi connectivity index (χ4n) is 3.19. The van der Waals surface area contributed by atoms with Gasteiger partial charge in [0.2, 0.25) is 0 Å². The van der Waals surface area contributed by atoms with Crippen LogP contribution in [0.1, 0.15) is 40.2 Å². The summed E-state index contributed by atoms with van der Waals surface area (Å²) in [6, 6.07) is 14.1. The van der Waals surface area contributed by atoms with Gasteiger partial charge < -0.3 is 0 Å². The molecule has 0 spiro atoms. The molecule has 0 saturated carbocycles. The molecule has 0 fully saturated rings. The molecule has 0 saturated heterocycles. The van der Waals surface area contributed by atoms with Crippen LogP contribution in [0.25, 0.3) is 22.4 Å². The van der Waals surface area contributed by atoms with Gasteiger partial charge in [0.25, 0.3) is 0 Å². The second-order valence-corrected chi connectivity index (χ2v) is 8.85. The molecule has 0 aliphatic rings. The van der Waals surface area contributed by atoms with Crippen LogP contribution in [0.3, 0.4) is 0 Å². The Morgan fingerprint density at radius 1 is 1.11 bits per heavy atom. The van der Waals surface area contributed by atoms with Gasteiger partial charge in [0.15, 0.2) is 5.65 Å². The number of fused-ring (bicyclic) bond motifs is 1. The normalized spacial score (nSPS) is 12.3. The van der Waals surface area contributed by atoms with E-state index in [1.54, 1.807) is 16.2 Å². The number of pyridine rings is 1. The number of imidazole rings is 1. The molecule has 1 aromatic carbocycles. The largest absolute Gasteiger partial charge is 0.330 e. The Morgan fingerprint density at radius 2 is 1.81 bits per heavy atom. The minimum absolute atomic E-state index is 0.00596. The average molecular weight is 362 g/mol. The van der Waals surface area contributed by atoms with Crippen LogP contribution in [0.5, 0.6) is 0 Å². The highest BCUT2D eigenvalue weighted by atomic mass is 16.1. The van der Waals surface area contributed by atoms with Crippen LogP contribution >= 0.6 is 0 Å². The third kappa shape index (κ3) is 3.52. The first-order valence-electron chi connectivity index (χ1n) is 9.12. The van der Waals surface area contributed by atoms with Crippen LogP contribution in [0.15, 0.2) is 41.2 Å². The third-order valence-electron chi connectivity index (χ3n) is 4.77. The van der Waals surface area contributed by atoms with E-state index in [4.69, 9.17) is 4.98 Å². The van der Waals surface area contributed by atoms with Gasteiger partial charge in [-0.25, -0.2) is 9.78 Å². The highest BCUT2D eigenvalue weighted by Gasteiger charge is 2.21. The molecule has 140 valence electrons. The molecular formula is C22H26N4O. The molecule has 0 N–H and O–H groups in total. The molecule has 27 heavy (non-hydrogen) atoms. The van der Waals surface area contributed by atoms with Gasteiger partial charge in [-0.15, -0.1) is 0 Å². The van der Waals surface area contributed by atoms with E-state index in [1.165, 1.54) is 0 Å². The van der Waals surface area contributed by atoms with E-state index in [9.17, 15) is 10.1 Å². The van der Waals surface area contributed by atoms with Gasteiger partial charge in [-0.1, -0.05) is 39.0 Å². The zero-order valence-corrected chi connectivity index (χ0v) is 16.9. The van der Waals surface area contributed by atoms with E-state index in [-0.39, 0.29) is 11.1 Å². The van der Waals surface area contributed by atoms with Crippen molar-refractivity contribution in [3.63, 3.8) is 0 Å². The number of aromatic nitrogens is 3. The molecule has 3 aromatic rings. The van der Waals surface area contributed by atoms with Crippen LogP contribution in [-0.2, 0) is 19.0 Å². The van der Waals surface area contributed by atoms with Gasteiger partial charge in [0, 0.05) is 19.2 Å². The first-order valence-corrected chi connectivity index (χ1v) is 9.12. The van der Waals surface area contributed by atoms with Gasteiger partial charge in [-0.05, 0) is 43.0 Å². The molecule has 0 atom stereocenters. The Morgan fingerprint density at radius 3 is 2.44 bits per heavy atom. The smallest absolute Gasteiger partial charge is 0.290 e. The molecular weight excluding hydrogens is 336 g/mol. The van der Waals surface area contributed by atoms with Crippen molar-refractivity contribution < 1.29 is 0 Å². The molecule has 0 radical (unpaired) electrons. The van der Waals surface area contributed by atoms with Crippen molar-refractivity contribution in [1.29, 1.82) is 5.26 Å². The molecule has 2 heterocycles. The minimum atomic E-state index is -0.566. The average Bonchev–Trinajstić information content (AvgIpc) is 2.85. The lowest BCUT2D eigenvalue weighted by Crippen LogP contribution is -2.27. The van der Waals surface area contributed by atoms with Crippen molar-refractivity contribution in [2.75, 3.05) is 0 Å². The predicted octanol–water partition coefficient (Wildman–Crippen LogP) is 4.25. The summed E-state index contributed by atoms with van der Waals surface area (Å²) in [4.78, 5) is 17.5. The predicted molar refractivity (Wildman–Crippen MR) is 109 cm³/mol. The van der Waals surface area contributed by atoms with E-state index in [1.807, 2.05) is 50.2 Å². The van der Waals surface area contributed by atoms with Crippen molar-refractivity contribution in [3.05, 3.63) is 52.4 Å². The lowest BCUT2D eigenvalue weighted by Gasteiger charge is -2.18. The van der Waals surface area contributed by atoms with Gasteiger partial charge in [-0.2, -0.15) is 5.26 Å². The number of rotatable bonds is 3. The highest BCUT2D eigenvalue weighted by molar-refractivity contribution is 5.76. The highest BCUT2D eigenvalue weighted by Crippen LogP contribution is 2.28. The summed E-state index contributed by atoms with van der Waals surface area (Å²) in [5.41, 5.74) is 3.57. The standard InChI is InChI=1S/C22H26N4O/c1-21(2,3)14-26-18-11-10-17(24-19(18)25(6)20(26)27)15-8-7-9-16(12-15)22(4,5)13-23/h7-12H,14H2,1-6H3. The summed E-state index contributed by atoms with van der Waals surface area (Å²) >= 11 is 0. The number of benzene rings is 1. The Hall–Kier alpha value is -2.87. The van der Waals surface area contributed by atoms with Crippen LogP contribution in [0.2, 0.25) is 0 Å². The number of hydrogen-bond donors (Lipinski definition) is 0. The summed E-state index contributed by atoms with van der Waals surface area (Å²) in [5.74, 6) is 0. The van der Waals surface area contributed by atoms with Gasteiger partial charge >= 0.3 is 5.69 Å². The summed E-state index contributed by atoms with van der Waals surface area (Å²) in [6.45, 7) is 10.8. The Labute approximate surface area is 159 Å². The molecule has 0 unspecified atom stereocenters. The van der Waals surface area contributed by atoms with Gasteiger partial charge in [0.1, 0.15) is 0 Å². The second kappa shape index (κ2) is 6.38. The maximum absolute atomic E-state index is 12.7. The van der Waals surface area contributed by atoms with E-state index >= 15 is 0 Å². The summed E-state index contributed by atoms with van der Waals surface area (Å²) in [7, 11) is 1.76. The molecule has 5 nitrogen and oxygen atoms in total. The van der Waals surface area contributed by atoms with Gasteiger partial charge in [0.05, 0.1) is 22.7 Å². The number of nitrogens with zero attached hydrogens (tertiary/aromatic N) is 4. The lowest BCUT2D eigenvalue weighted by atomic mass is 9.85. The number of aryl methyl sites for hydroxylation is 1. The van der Waals surface area contributed by atoms with Crippen LogP contribution in [0, 0.1) is 16.7 Å². The third-order valence-corrected chi connectivity index (χ3v) is 4.77. The van der Waals surface area contributed by atoms with Crippen LogP contribution in [0.4, 0.5) is 0 Å². The summed E-state index contributed by atoms with van der Waals surface area (Å²) < 4.78 is 3.40. The zero-order chi connectivity index (χ0) is 20.0. The number of hydrogen-bond acceptors (Lipinski definition) is 3. The van der Waals surface area contributed by atoms with E-state index < -0.39 is 5.41 Å². The first kappa shape index (κ1) is 18.9. The molecule has 0 bridgehead atoms. The fourth-order valence-corrected chi connectivity index (χ4v) is 3.19. The SMILES string of the molecule is Cn1c(=O)n(CC(C)(C)C)c2ccc(-c3cccc(C(C)(C)C#N)c3)nc21. The van der Waals surface area contributed by atoms with E-state index in [0.29, 0.717) is 12.2 Å². The molecule has 0 aliphatic heterocycles. The maximum Gasteiger partial charge on any atom is 0.330 e. The Kier molecular flexibility index (Phi) is 4.47. The minimum Gasteiger partial charge on any atom is -0.290 e. The van der Waals surface area contributed by atoms with Crippen molar-refractivity contribution >= 4 is 11.2 Å². The number of nitriles is 1. The van der Waals surface area contributed by atoms with Crippen molar-refractivity contribution in [3.8, 4) is 17.3 Å². The van der Waals surface area contributed by atoms with Gasteiger partial charge in [-0.3, -0.25) is 9.13 Å².